The predicted molar refractivity (Wildman–Crippen MR) is 104 cm³/mol. The van der Waals surface area contributed by atoms with Crippen LogP contribution in [-0.2, 0) is 4.79 Å². The summed E-state index contributed by atoms with van der Waals surface area (Å²) in [5.74, 6) is 1.14. The van der Waals surface area contributed by atoms with E-state index >= 15 is 0 Å². The van der Waals surface area contributed by atoms with Crippen LogP contribution < -0.4 is 25.4 Å². The molecular formula is C20H31N3O4. The Morgan fingerprint density at radius 2 is 1.85 bits per heavy atom. The Labute approximate surface area is 161 Å². The van der Waals surface area contributed by atoms with Crippen molar-refractivity contribution in [1.82, 2.24) is 16.0 Å². The van der Waals surface area contributed by atoms with Crippen LogP contribution in [0, 0.1) is 11.8 Å². The van der Waals surface area contributed by atoms with Crippen molar-refractivity contribution in [3.05, 3.63) is 23.8 Å². The van der Waals surface area contributed by atoms with Crippen molar-refractivity contribution in [2.45, 2.75) is 32.7 Å². The summed E-state index contributed by atoms with van der Waals surface area (Å²) in [5, 5.41) is 9.13. The fourth-order valence-corrected chi connectivity index (χ4v) is 3.17. The first kappa shape index (κ1) is 21.0. The Hall–Kier alpha value is -2.28. The summed E-state index contributed by atoms with van der Waals surface area (Å²) < 4.78 is 10.4. The summed E-state index contributed by atoms with van der Waals surface area (Å²) in [4.78, 5) is 25.3. The normalized spacial score (nSPS) is 17.4. The van der Waals surface area contributed by atoms with Crippen LogP contribution in [-0.4, -0.2) is 51.7 Å². The van der Waals surface area contributed by atoms with E-state index in [-0.39, 0.29) is 17.7 Å². The van der Waals surface area contributed by atoms with Crippen molar-refractivity contribution < 1.29 is 19.1 Å². The topological polar surface area (TPSA) is 88.7 Å². The van der Waals surface area contributed by atoms with Gasteiger partial charge in [0, 0.05) is 18.2 Å². The van der Waals surface area contributed by atoms with Gasteiger partial charge in [-0.25, -0.2) is 0 Å². The fraction of sp³-hybridized carbons (Fsp3) is 0.600. The largest absolute Gasteiger partial charge is 0.497 e. The zero-order valence-electron chi connectivity index (χ0n) is 16.6. The van der Waals surface area contributed by atoms with E-state index in [0.29, 0.717) is 29.5 Å². The minimum absolute atomic E-state index is 0.0328. The van der Waals surface area contributed by atoms with Gasteiger partial charge in [-0.3, -0.25) is 9.59 Å². The molecule has 2 rings (SSSR count). The minimum Gasteiger partial charge on any atom is -0.497 e. The fourth-order valence-electron chi connectivity index (χ4n) is 3.17. The Bertz CT molecular complexity index is 620. The molecule has 1 heterocycles. The van der Waals surface area contributed by atoms with E-state index in [2.05, 4.69) is 16.0 Å². The van der Waals surface area contributed by atoms with Crippen molar-refractivity contribution in [3.63, 3.8) is 0 Å². The van der Waals surface area contributed by atoms with Gasteiger partial charge in [0.2, 0.25) is 5.91 Å². The summed E-state index contributed by atoms with van der Waals surface area (Å²) in [5.41, 5.74) is 0.390. The molecule has 7 heteroatoms. The number of amides is 2. The van der Waals surface area contributed by atoms with Gasteiger partial charge in [-0.2, -0.15) is 0 Å². The molecule has 2 amide bonds. The lowest BCUT2D eigenvalue weighted by molar-refractivity contribution is -0.123. The SMILES string of the molecule is COc1cc(OC)cc(C(=O)NC(C(=O)NCCC2CCNC2)C(C)C)c1. The zero-order valence-corrected chi connectivity index (χ0v) is 16.6. The second kappa shape index (κ2) is 10.2. The number of nitrogens with one attached hydrogen (secondary N) is 3. The smallest absolute Gasteiger partial charge is 0.252 e. The number of rotatable bonds is 9. The lowest BCUT2D eigenvalue weighted by atomic mass is 10.0. The van der Waals surface area contributed by atoms with E-state index in [4.69, 9.17) is 9.47 Å². The third-order valence-electron chi connectivity index (χ3n) is 4.86. The highest BCUT2D eigenvalue weighted by molar-refractivity contribution is 5.98. The Morgan fingerprint density at radius 1 is 1.19 bits per heavy atom. The van der Waals surface area contributed by atoms with Gasteiger partial charge in [0.05, 0.1) is 14.2 Å². The average Bonchev–Trinajstić information content (AvgIpc) is 3.18. The molecule has 3 N–H and O–H groups in total. The molecule has 27 heavy (non-hydrogen) atoms. The van der Waals surface area contributed by atoms with Crippen LogP contribution in [0.2, 0.25) is 0 Å². The van der Waals surface area contributed by atoms with Crippen LogP contribution in [0.1, 0.15) is 37.0 Å². The molecule has 1 aliphatic heterocycles. The second-order valence-electron chi connectivity index (χ2n) is 7.24. The zero-order chi connectivity index (χ0) is 19.8. The van der Waals surface area contributed by atoms with E-state index in [1.165, 1.54) is 14.2 Å². The van der Waals surface area contributed by atoms with Gasteiger partial charge in [-0.15, -0.1) is 0 Å². The third-order valence-corrected chi connectivity index (χ3v) is 4.86. The lowest BCUT2D eigenvalue weighted by Crippen LogP contribution is -2.50. The molecule has 150 valence electrons. The van der Waals surface area contributed by atoms with Crippen molar-refractivity contribution in [3.8, 4) is 11.5 Å². The van der Waals surface area contributed by atoms with Crippen LogP contribution in [0.4, 0.5) is 0 Å². The number of carbonyl (C=O) groups is 2. The van der Waals surface area contributed by atoms with Gasteiger partial charge in [0.1, 0.15) is 17.5 Å². The summed E-state index contributed by atoms with van der Waals surface area (Å²) in [6.45, 7) is 6.51. The number of methoxy groups -OCH3 is 2. The Kier molecular flexibility index (Phi) is 7.91. The maximum Gasteiger partial charge on any atom is 0.252 e. The summed E-state index contributed by atoms with van der Waals surface area (Å²) >= 11 is 0. The quantitative estimate of drug-likeness (QED) is 0.608. The molecular weight excluding hydrogens is 346 g/mol. The van der Waals surface area contributed by atoms with E-state index < -0.39 is 6.04 Å². The van der Waals surface area contributed by atoms with Crippen molar-refractivity contribution >= 4 is 11.8 Å². The Morgan fingerprint density at radius 3 is 2.37 bits per heavy atom. The molecule has 1 aromatic carbocycles. The van der Waals surface area contributed by atoms with Gasteiger partial charge in [0.25, 0.3) is 5.91 Å². The highest BCUT2D eigenvalue weighted by Crippen LogP contribution is 2.22. The second-order valence-corrected chi connectivity index (χ2v) is 7.24. The van der Waals surface area contributed by atoms with Gasteiger partial charge in [-0.05, 0) is 49.9 Å². The lowest BCUT2D eigenvalue weighted by Gasteiger charge is -2.22. The monoisotopic (exact) mass is 377 g/mol. The van der Waals surface area contributed by atoms with E-state index in [0.717, 1.165) is 25.9 Å². The minimum atomic E-state index is -0.601. The molecule has 0 spiro atoms. The van der Waals surface area contributed by atoms with Gasteiger partial charge in [-0.1, -0.05) is 13.8 Å². The predicted octanol–water partition coefficient (Wildman–Crippen LogP) is 1.57. The van der Waals surface area contributed by atoms with Crippen LogP contribution in [0.25, 0.3) is 0 Å². The summed E-state index contributed by atoms with van der Waals surface area (Å²) in [7, 11) is 3.06. The molecule has 1 fully saturated rings. The standard InChI is InChI=1S/C20H31N3O4/c1-13(2)18(20(25)22-8-6-14-5-7-21-12-14)23-19(24)15-9-16(26-3)11-17(10-15)27-4/h9-11,13-14,18,21H,5-8,12H2,1-4H3,(H,22,25)(H,23,24). The maximum absolute atomic E-state index is 12.7. The van der Waals surface area contributed by atoms with Crippen LogP contribution in [0.5, 0.6) is 11.5 Å². The number of hydrogen-bond acceptors (Lipinski definition) is 5. The summed E-state index contributed by atoms with van der Waals surface area (Å²) in [6, 6.07) is 4.35. The van der Waals surface area contributed by atoms with Crippen molar-refractivity contribution in [1.29, 1.82) is 0 Å². The van der Waals surface area contributed by atoms with E-state index in [1.807, 2.05) is 13.8 Å². The molecule has 2 atom stereocenters. The first-order valence-electron chi connectivity index (χ1n) is 9.47. The van der Waals surface area contributed by atoms with Crippen molar-refractivity contribution in [2.24, 2.45) is 11.8 Å². The highest BCUT2D eigenvalue weighted by atomic mass is 16.5. The number of hydrogen-bond donors (Lipinski definition) is 3. The molecule has 0 radical (unpaired) electrons. The molecule has 1 aromatic rings. The molecule has 0 aromatic heterocycles. The molecule has 1 aliphatic rings. The first-order valence-corrected chi connectivity index (χ1v) is 9.47. The molecule has 0 bridgehead atoms. The molecule has 2 unspecified atom stereocenters. The maximum atomic E-state index is 12.7. The van der Waals surface area contributed by atoms with Crippen molar-refractivity contribution in [2.75, 3.05) is 33.9 Å². The number of benzene rings is 1. The third kappa shape index (κ3) is 6.13. The first-order chi connectivity index (χ1) is 12.9. The average molecular weight is 377 g/mol. The van der Waals surface area contributed by atoms with Crippen LogP contribution in [0.15, 0.2) is 18.2 Å². The van der Waals surface area contributed by atoms with E-state index in [1.54, 1.807) is 18.2 Å². The van der Waals surface area contributed by atoms with Gasteiger partial charge >= 0.3 is 0 Å². The number of carbonyl (C=O) groups excluding carboxylic acids is 2. The summed E-state index contributed by atoms with van der Waals surface area (Å²) in [6.07, 6.45) is 2.10. The van der Waals surface area contributed by atoms with Crippen LogP contribution in [0.3, 0.4) is 0 Å². The van der Waals surface area contributed by atoms with Crippen LogP contribution >= 0.6 is 0 Å². The molecule has 1 saturated heterocycles. The molecule has 7 nitrogen and oxygen atoms in total. The van der Waals surface area contributed by atoms with Gasteiger partial charge in [0.15, 0.2) is 0 Å². The Balaban J connectivity index is 1.97. The van der Waals surface area contributed by atoms with E-state index in [9.17, 15) is 9.59 Å². The highest BCUT2D eigenvalue weighted by Gasteiger charge is 2.25. The van der Waals surface area contributed by atoms with Gasteiger partial charge < -0.3 is 25.4 Å². The molecule has 0 aliphatic carbocycles. The molecule has 0 saturated carbocycles. The number of ether oxygens (including phenoxy) is 2.